The lowest BCUT2D eigenvalue weighted by Crippen LogP contribution is -2.54. The number of nitrogens with one attached hydrogen (secondary N) is 2. The van der Waals surface area contributed by atoms with Gasteiger partial charge in [-0.05, 0) is 20.9 Å². The van der Waals surface area contributed by atoms with E-state index in [9.17, 15) is 24.3 Å². The van der Waals surface area contributed by atoms with Crippen molar-refractivity contribution in [3.8, 4) is 0 Å². The van der Waals surface area contributed by atoms with Gasteiger partial charge in [-0.15, -0.1) is 11.8 Å². The van der Waals surface area contributed by atoms with Crippen molar-refractivity contribution >= 4 is 35.5 Å². The Balaban J connectivity index is 2.45. The Labute approximate surface area is 156 Å². The fraction of sp³-hybridized carbons (Fsp3) is 0.733. The van der Waals surface area contributed by atoms with Gasteiger partial charge in [-0.3, -0.25) is 24.1 Å². The Kier molecular flexibility index (Phi) is 7.85. The van der Waals surface area contributed by atoms with Gasteiger partial charge in [-0.1, -0.05) is 0 Å². The first-order valence-electron chi connectivity index (χ1n) is 8.18. The number of carbonyl (C=O) groups is 4. The number of hydrogen-bond acceptors (Lipinski definition) is 7. The molecular formula is C15H27N5O5S. The average molecular weight is 389 g/mol. The Morgan fingerprint density at radius 2 is 1.77 bits per heavy atom. The van der Waals surface area contributed by atoms with Crippen LogP contribution in [0.1, 0.15) is 26.7 Å². The predicted molar refractivity (Wildman–Crippen MR) is 97.1 cm³/mol. The van der Waals surface area contributed by atoms with E-state index in [2.05, 4.69) is 10.6 Å². The smallest absolute Gasteiger partial charge is 0.322 e. The summed E-state index contributed by atoms with van der Waals surface area (Å²) in [6.07, 6.45) is -0.0349. The molecule has 1 aliphatic rings. The summed E-state index contributed by atoms with van der Waals surface area (Å²) >= 11 is 1.35. The molecule has 0 radical (unpaired) electrons. The zero-order chi connectivity index (χ0) is 20.1. The van der Waals surface area contributed by atoms with Gasteiger partial charge in [0.1, 0.15) is 12.1 Å². The van der Waals surface area contributed by atoms with E-state index in [1.165, 1.54) is 11.8 Å². The van der Waals surface area contributed by atoms with Crippen molar-refractivity contribution in [2.75, 3.05) is 20.1 Å². The van der Waals surface area contributed by atoms with Gasteiger partial charge in [-0.2, -0.15) is 0 Å². The highest BCUT2D eigenvalue weighted by atomic mass is 32.2. The van der Waals surface area contributed by atoms with Crippen LogP contribution in [0.4, 0.5) is 0 Å². The number of carbonyl (C=O) groups excluding carboxylic acids is 3. The number of hydrogen-bond donors (Lipinski definition) is 5. The predicted octanol–water partition coefficient (Wildman–Crippen LogP) is -1.95. The van der Waals surface area contributed by atoms with Gasteiger partial charge in [0.05, 0.1) is 5.37 Å². The number of nitrogens with two attached hydrogens (primary N) is 2. The third-order valence-corrected chi connectivity index (χ3v) is 5.78. The maximum Gasteiger partial charge on any atom is 0.322 e. The van der Waals surface area contributed by atoms with Crippen molar-refractivity contribution in [3.63, 3.8) is 0 Å². The largest absolute Gasteiger partial charge is 0.480 e. The highest BCUT2D eigenvalue weighted by Crippen LogP contribution is 2.44. The van der Waals surface area contributed by atoms with Crippen molar-refractivity contribution < 1.29 is 24.3 Å². The van der Waals surface area contributed by atoms with Crippen LogP contribution in [0.2, 0.25) is 0 Å². The molecule has 0 aliphatic carbocycles. The highest BCUT2D eigenvalue weighted by Gasteiger charge is 2.52. The molecule has 1 saturated heterocycles. The van der Waals surface area contributed by atoms with Crippen molar-refractivity contribution in [1.29, 1.82) is 0 Å². The van der Waals surface area contributed by atoms with E-state index < -0.39 is 40.0 Å². The summed E-state index contributed by atoms with van der Waals surface area (Å²) in [5.74, 6) is -2.28. The van der Waals surface area contributed by atoms with Gasteiger partial charge in [-0.25, -0.2) is 0 Å². The van der Waals surface area contributed by atoms with E-state index in [-0.39, 0.29) is 31.8 Å². The summed E-state index contributed by atoms with van der Waals surface area (Å²) in [6.45, 7) is 3.97. The molecule has 3 unspecified atom stereocenters. The minimum atomic E-state index is -0.959. The number of amides is 3. The third-order valence-electron chi connectivity index (χ3n) is 4.08. The summed E-state index contributed by atoms with van der Waals surface area (Å²) in [5.41, 5.74) is 11.0. The van der Waals surface area contributed by atoms with Crippen LogP contribution in [-0.2, 0) is 19.2 Å². The standard InChI is InChI=1S/C15H27N5O5S/c1-15(2)11(14(24)25)20(3)13(26-15)10(17)12(23)19-7-6-18-9(22)5-4-8(16)21/h10-11,13H,4-7,17H2,1-3H3,(H2,16,21)(H,18,22)(H,19,23)(H,24,25). The van der Waals surface area contributed by atoms with Crippen LogP contribution in [0.5, 0.6) is 0 Å². The van der Waals surface area contributed by atoms with Gasteiger partial charge in [0.2, 0.25) is 17.7 Å². The Hall–Kier alpha value is -1.85. The van der Waals surface area contributed by atoms with Gasteiger partial charge < -0.3 is 27.2 Å². The van der Waals surface area contributed by atoms with Gasteiger partial charge in [0.15, 0.2) is 0 Å². The number of likely N-dealkylation sites (N-methyl/N-ethyl adjacent to an activating group) is 1. The molecule has 0 aromatic heterocycles. The molecule has 0 aromatic carbocycles. The maximum absolute atomic E-state index is 12.2. The van der Waals surface area contributed by atoms with Crippen LogP contribution in [0.15, 0.2) is 0 Å². The third kappa shape index (κ3) is 5.85. The fourth-order valence-electron chi connectivity index (χ4n) is 2.85. The highest BCUT2D eigenvalue weighted by molar-refractivity contribution is 8.01. The first-order chi connectivity index (χ1) is 12.0. The zero-order valence-electron chi connectivity index (χ0n) is 15.2. The van der Waals surface area contributed by atoms with Gasteiger partial charge in [0.25, 0.3) is 0 Å². The number of carboxylic acids is 1. The van der Waals surface area contributed by atoms with E-state index in [0.717, 1.165) is 0 Å². The molecule has 3 atom stereocenters. The number of carboxylic acid groups (broad SMARTS) is 1. The first-order valence-corrected chi connectivity index (χ1v) is 9.06. The van der Waals surface area contributed by atoms with E-state index in [4.69, 9.17) is 11.5 Å². The lowest BCUT2D eigenvalue weighted by Gasteiger charge is -2.27. The Bertz CT molecular complexity index is 571. The topological polar surface area (TPSA) is 168 Å². The normalized spacial score (nSPS) is 23.2. The second-order valence-corrected chi connectivity index (χ2v) is 8.42. The van der Waals surface area contributed by atoms with Crippen LogP contribution < -0.4 is 22.1 Å². The van der Waals surface area contributed by atoms with Crippen molar-refractivity contribution in [2.24, 2.45) is 11.5 Å². The molecule has 3 amide bonds. The van der Waals surface area contributed by atoms with Crippen molar-refractivity contribution in [2.45, 2.75) is 48.9 Å². The Morgan fingerprint density at radius 3 is 2.27 bits per heavy atom. The van der Waals surface area contributed by atoms with Crippen LogP contribution in [0, 0.1) is 0 Å². The van der Waals surface area contributed by atoms with Gasteiger partial charge >= 0.3 is 5.97 Å². The van der Waals surface area contributed by atoms with Crippen LogP contribution in [-0.4, -0.2) is 76.0 Å². The average Bonchev–Trinajstić information content (AvgIpc) is 2.77. The molecule has 148 valence electrons. The van der Waals surface area contributed by atoms with Crippen molar-refractivity contribution in [1.82, 2.24) is 15.5 Å². The quantitative estimate of drug-likeness (QED) is 0.283. The molecule has 0 bridgehead atoms. The summed E-state index contributed by atoms with van der Waals surface area (Å²) in [5, 5.41) is 14.1. The molecule has 1 heterocycles. The molecule has 0 aromatic rings. The fourth-order valence-corrected chi connectivity index (χ4v) is 4.43. The molecule has 10 nitrogen and oxygen atoms in total. The molecule has 1 rings (SSSR count). The van der Waals surface area contributed by atoms with E-state index in [0.29, 0.717) is 0 Å². The SMILES string of the molecule is CN1C(C(N)C(=O)NCCNC(=O)CCC(N)=O)SC(C)(C)C1C(=O)O. The maximum atomic E-state index is 12.2. The first kappa shape index (κ1) is 22.2. The summed E-state index contributed by atoms with van der Waals surface area (Å²) in [7, 11) is 1.64. The molecular weight excluding hydrogens is 362 g/mol. The molecule has 11 heteroatoms. The van der Waals surface area contributed by atoms with Crippen LogP contribution in [0.25, 0.3) is 0 Å². The monoisotopic (exact) mass is 389 g/mol. The van der Waals surface area contributed by atoms with Crippen molar-refractivity contribution in [3.05, 3.63) is 0 Å². The second-order valence-electron chi connectivity index (χ2n) is 6.65. The number of thioether (sulfide) groups is 1. The number of rotatable bonds is 9. The number of primary amides is 1. The van der Waals surface area contributed by atoms with E-state index in [1.54, 1.807) is 25.8 Å². The van der Waals surface area contributed by atoms with E-state index in [1.807, 2.05) is 0 Å². The molecule has 7 N–H and O–H groups in total. The van der Waals surface area contributed by atoms with Crippen LogP contribution in [0.3, 0.4) is 0 Å². The number of nitrogens with zero attached hydrogens (tertiary/aromatic N) is 1. The molecule has 1 aliphatic heterocycles. The minimum Gasteiger partial charge on any atom is -0.480 e. The molecule has 0 saturated carbocycles. The lowest BCUT2D eigenvalue weighted by molar-refractivity contribution is -0.143. The van der Waals surface area contributed by atoms with Crippen LogP contribution >= 0.6 is 11.8 Å². The summed E-state index contributed by atoms with van der Waals surface area (Å²) < 4.78 is -0.586. The summed E-state index contributed by atoms with van der Waals surface area (Å²) in [6, 6.07) is -1.67. The Morgan fingerprint density at radius 1 is 1.19 bits per heavy atom. The molecule has 26 heavy (non-hydrogen) atoms. The second kappa shape index (κ2) is 9.19. The van der Waals surface area contributed by atoms with E-state index >= 15 is 0 Å². The number of aliphatic carboxylic acids is 1. The molecule has 1 fully saturated rings. The summed E-state index contributed by atoms with van der Waals surface area (Å²) in [4.78, 5) is 47.3. The lowest BCUT2D eigenvalue weighted by atomic mass is 10.0. The van der Waals surface area contributed by atoms with Gasteiger partial charge in [0, 0.05) is 30.7 Å². The zero-order valence-corrected chi connectivity index (χ0v) is 16.0. The minimum absolute atomic E-state index is 0.00202. The molecule has 0 spiro atoms.